The number of nitrogens with zero attached hydrogens (tertiary/aromatic N) is 1. The van der Waals surface area contributed by atoms with Crippen LogP contribution >= 0.6 is 11.8 Å². The Morgan fingerprint density at radius 1 is 1.50 bits per heavy atom. The van der Waals surface area contributed by atoms with Gasteiger partial charge in [-0.05, 0) is 30.7 Å². The molecule has 2 heterocycles. The number of pyridine rings is 1. The summed E-state index contributed by atoms with van der Waals surface area (Å²) in [6, 6.07) is 6.82. The molecule has 1 fully saturated rings. The van der Waals surface area contributed by atoms with E-state index in [2.05, 4.69) is 41.1 Å². The molecule has 1 saturated heterocycles. The molecule has 1 aliphatic rings. The average molecular weight is 236 g/mol. The monoisotopic (exact) mass is 236 g/mol. The second-order valence-electron chi connectivity index (χ2n) is 4.35. The molecule has 1 N–H and O–H groups in total. The van der Waals surface area contributed by atoms with Gasteiger partial charge in [0.05, 0.1) is 0 Å². The molecule has 0 bridgehead atoms. The molecule has 0 radical (unpaired) electrons. The highest BCUT2D eigenvalue weighted by Crippen LogP contribution is 2.24. The molecule has 1 aromatic rings. The van der Waals surface area contributed by atoms with E-state index < -0.39 is 0 Å². The van der Waals surface area contributed by atoms with Gasteiger partial charge in [-0.25, -0.2) is 0 Å². The highest BCUT2D eigenvalue weighted by Gasteiger charge is 2.20. The van der Waals surface area contributed by atoms with Gasteiger partial charge in [0.25, 0.3) is 0 Å². The van der Waals surface area contributed by atoms with Crippen molar-refractivity contribution in [2.75, 3.05) is 12.3 Å². The number of aromatic nitrogens is 1. The van der Waals surface area contributed by atoms with Gasteiger partial charge < -0.3 is 5.32 Å². The molecule has 1 aromatic heterocycles. The fraction of sp³-hybridized carbons (Fsp3) is 0.615. The maximum atomic E-state index is 4.34. The summed E-state index contributed by atoms with van der Waals surface area (Å²) in [6.45, 7) is 3.38. The molecule has 3 heteroatoms. The first kappa shape index (κ1) is 11.9. The van der Waals surface area contributed by atoms with E-state index >= 15 is 0 Å². The highest BCUT2D eigenvalue weighted by molar-refractivity contribution is 7.99. The third kappa shape index (κ3) is 3.49. The zero-order valence-corrected chi connectivity index (χ0v) is 10.7. The molecule has 0 spiro atoms. The minimum absolute atomic E-state index is 0.697. The van der Waals surface area contributed by atoms with Crippen molar-refractivity contribution in [1.82, 2.24) is 10.3 Å². The molecule has 0 aliphatic carbocycles. The van der Waals surface area contributed by atoms with Gasteiger partial charge in [-0.2, -0.15) is 11.8 Å². The molecule has 2 unspecified atom stereocenters. The second-order valence-corrected chi connectivity index (χ2v) is 5.83. The van der Waals surface area contributed by atoms with Crippen molar-refractivity contribution in [3.8, 4) is 0 Å². The van der Waals surface area contributed by atoms with Gasteiger partial charge in [-0.1, -0.05) is 13.0 Å². The van der Waals surface area contributed by atoms with Crippen LogP contribution in [0.15, 0.2) is 24.4 Å². The lowest BCUT2D eigenvalue weighted by Crippen LogP contribution is -2.40. The number of rotatable bonds is 4. The molecule has 16 heavy (non-hydrogen) atoms. The molecule has 0 amide bonds. The van der Waals surface area contributed by atoms with Crippen LogP contribution in [0.3, 0.4) is 0 Å². The van der Waals surface area contributed by atoms with Crippen LogP contribution in [0.1, 0.15) is 25.5 Å². The third-order valence-corrected chi connectivity index (χ3v) is 4.50. The van der Waals surface area contributed by atoms with Crippen LogP contribution in [-0.2, 0) is 6.42 Å². The van der Waals surface area contributed by atoms with Gasteiger partial charge in [0.15, 0.2) is 0 Å². The summed E-state index contributed by atoms with van der Waals surface area (Å²) in [5.41, 5.74) is 1.19. The van der Waals surface area contributed by atoms with Crippen molar-refractivity contribution in [2.24, 2.45) is 0 Å². The summed E-state index contributed by atoms with van der Waals surface area (Å²) in [5.74, 6) is 1.33. The van der Waals surface area contributed by atoms with Gasteiger partial charge >= 0.3 is 0 Å². The minimum Gasteiger partial charge on any atom is -0.313 e. The Bertz CT molecular complexity index is 302. The molecule has 2 nitrogen and oxygen atoms in total. The van der Waals surface area contributed by atoms with Crippen molar-refractivity contribution in [3.63, 3.8) is 0 Å². The van der Waals surface area contributed by atoms with E-state index in [1.54, 1.807) is 0 Å². The van der Waals surface area contributed by atoms with Crippen molar-refractivity contribution in [1.29, 1.82) is 0 Å². The zero-order chi connectivity index (χ0) is 11.2. The lowest BCUT2D eigenvalue weighted by Gasteiger charge is -2.29. The van der Waals surface area contributed by atoms with Crippen LogP contribution in [0.2, 0.25) is 0 Å². The second kappa shape index (κ2) is 6.26. The van der Waals surface area contributed by atoms with Crippen LogP contribution < -0.4 is 5.32 Å². The molecule has 88 valence electrons. The lowest BCUT2D eigenvalue weighted by molar-refractivity contribution is 0.465. The minimum atomic E-state index is 0.697. The van der Waals surface area contributed by atoms with Crippen LogP contribution in [0.4, 0.5) is 0 Å². The van der Waals surface area contributed by atoms with E-state index in [4.69, 9.17) is 0 Å². The normalized spacial score (nSPS) is 25.6. The topological polar surface area (TPSA) is 24.9 Å². The van der Waals surface area contributed by atoms with E-state index in [0.29, 0.717) is 6.04 Å². The van der Waals surface area contributed by atoms with Crippen molar-refractivity contribution in [3.05, 3.63) is 30.1 Å². The predicted octanol–water partition coefficient (Wildman–Crippen LogP) is 2.50. The molecule has 0 saturated carbocycles. The van der Waals surface area contributed by atoms with Crippen molar-refractivity contribution >= 4 is 11.8 Å². The standard InChI is InChI=1S/C13H20N2S/c1-11-13(6-4-10-16-11)15-9-7-12-5-2-3-8-14-12/h2-3,5,8,11,13,15H,4,6-7,9-10H2,1H3. The smallest absolute Gasteiger partial charge is 0.0416 e. The van der Waals surface area contributed by atoms with Gasteiger partial charge in [-0.15, -0.1) is 0 Å². The number of nitrogens with one attached hydrogen (secondary N) is 1. The first-order valence-electron chi connectivity index (χ1n) is 6.11. The number of hydrogen-bond acceptors (Lipinski definition) is 3. The number of hydrogen-bond donors (Lipinski definition) is 1. The summed E-state index contributed by atoms with van der Waals surface area (Å²) in [4.78, 5) is 4.34. The van der Waals surface area contributed by atoms with E-state index in [-0.39, 0.29) is 0 Å². The first-order chi connectivity index (χ1) is 7.86. The fourth-order valence-corrected chi connectivity index (χ4v) is 3.29. The van der Waals surface area contributed by atoms with Crippen molar-refractivity contribution < 1.29 is 0 Å². The van der Waals surface area contributed by atoms with Gasteiger partial charge in [0, 0.05) is 36.1 Å². The summed E-state index contributed by atoms with van der Waals surface area (Å²) in [7, 11) is 0. The quantitative estimate of drug-likeness (QED) is 0.869. The van der Waals surface area contributed by atoms with Crippen LogP contribution in [0, 0.1) is 0 Å². The van der Waals surface area contributed by atoms with Gasteiger partial charge in [0.2, 0.25) is 0 Å². The molecule has 2 atom stereocenters. The first-order valence-corrected chi connectivity index (χ1v) is 7.16. The Morgan fingerprint density at radius 2 is 2.44 bits per heavy atom. The molecular formula is C13H20N2S. The van der Waals surface area contributed by atoms with Crippen LogP contribution in [0.25, 0.3) is 0 Å². The summed E-state index contributed by atoms with van der Waals surface area (Å²) in [5, 5.41) is 4.42. The van der Waals surface area contributed by atoms with Crippen LogP contribution in [-0.4, -0.2) is 28.6 Å². The summed E-state index contributed by atoms with van der Waals surface area (Å²) >= 11 is 2.09. The van der Waals surface area contributed by atoms with E-state index in [1.807, 2.05) is 12.3 Å². The Labute approximate surface area is 102 Å². The number of thioether (sulfide) groups is 1. The summed E-state index contributed by atoms with van der Waals surface area (Å²) < 4.78 is 0. The van der Waals surface area contributed by atoms with Crippen LogP contribution in [0.5, 0.6) is 0 Å². The summed E-state index contributed by atoms with van der Waals surface area (Å²) in [6.07, 6.45) is 5.59. The highest BCUT2D eigenvalue weighted by atomic mass is 32.2. The Morgan fingerprint density at radius 3 is 3.19 bits per heavy atom. The molecule has 2 rings (SSSR count). The zero-order valence-electron chi connectivity index (χ0n) is 9.86. The van der Waals surface area contributed by atoms with E-state index in [1.165, 1.54) is 24.3 Å². The van der Waals surface area contributed by atoms with E-state index in [9.17, 15) is 0 Å². The molecular weight excluding hydrogens is 216 g/mol. The van der Waals surface area contributed by atoms with Gasteiger partial charge in [-0.3, -0.25) is 4.98 Å². The SMILES string of the molecule is CC1SCCCC1NCCc1ccccn1. The maximum absolute atomic E-state index is 4.34. The largest absolute Gasteiger partial charge is 0.313 e. The third-order valence-electron chi connectivity index (χ3n) is 3.12. The Hall–Kier alpha value is -0.540. The molecule has 1 aliphatic heterocycles. The Kier molecular flexibility index (Phi) is 4.67. The van der Waals surface area contributed by atoms with E-state index in [0.717, 1.165) is 18.2 Å². The van der Waals surface area contributed by atoms with Crippen molar-refractivity contribution in [2.45, 2.75) is 37.5 Å². The predicted molar refractivity (Wildman–Crippen MR) is 70.9 cm³/mol. The lowest BCUT2D eigenvalue weighted by atomic mass is 10.1. The molecule has 0 aromatic carbocycles. The maximum Gasteiger partial charge on any atom is 0.0416 e. The fourth-order valence-electron chi connectivity index (χ4n) is 2.12. The Balaban J connectivity index is 1.71. The van der Waals surface area contributed by atoms with Gasteiger partial charge in [0.1, 0.15) is 0 Å². The average Bonchev–Trinajstić information content (AvgIpc) is 2.33.